The second-order valence-corrected chi connectivity index (χ2v) is 4.99. The Labute approximate surface area is 108 Å². The van der Waals surface area contributed by atoms with Crippen LogP contribution in [-0.2, 0) is 13.5 Å². The number of aryl methyl sites for hydroxylation is 1. The normalized spacial score (nSPS) is 10.9. The average molecular weight is 257 g/mol. The molecule has 0 radical (unpaired) electrons. The van der Waals surface area contributed by atoms with Gasteiger partial charge in [-0.25, -0.2) is 4.98 Å². The SMILES string of the molecule is Cn1nc(C(=O)Cc2nccs2)c2ccccc21. The van der Waals surface area contributed by atoms with Gasteiger partial charge in [-0.05, 0) is 6.07 Å². The molecule has 0 atom stereocenters. The molecule has 3 aromatic rings. The standard InChI is InChI=1S/C13H11N3OS/c1-16-10-5-3-2-4-9(10)13(15-16)11(17)8-12-14-6-7-18-12/h2-7H,8H2,1H3. The van der Waals surface area contributed by atoms with E-state index in [2.05, 4.69) is 10.1 Å². The molecule has 0 saturated carbocycles. The fourth-order valence-electron chi connectivity index (χ4n) is 1.98. The number of rotatable bonds is 3. The minimum absolute atomic E-state index is 0.0155. The summed E-state index contributed by atoms with van der Waals surface area (Å²) in [6, 6.07) is 7.75. The third-order valence-corrected chi connectivity index (χ3v) is 3.60. The Morgan fingerprint density at radius 1 is 1.39 bits per heavy atom. The molecule has 0 N–H and O–H groups in total. The summed E-state index contributed by atoms with van der Waals surface area (Å²) in [5, 5.41) is 7.92. The highest BCUT2D eigenvalue weighted by atomic mass is 32.1. The van der Waals surface area contributed by atoms with E-state index in [0.717, 1.165) is 15.9 Å². The van der Waals surface area contributed by atoms with Gasteiger partial charge in [-0.15, -0.1) is 11.3 Å². The van der Waals surface area contributed by atoms with E-state index >= 15 is 0 Å². The van der Waals surface area contributed by atoms with E-state index in [1.54, 1.807) is 10.9 Å². The molecule has 3 rings (SSSR count). The molecule has 0 saturated heterocycles. The van der Waals surface area contributed by atoms with Gasteiger partial charge in [-0.2, -0.15) is 5.10 Å². The van der Waals surface area contributed by atoms with E-state index in [4.69, 9.17) is 0 Å². The number of nitrogens with zero attached hydrogens (tertiary/aromatic N) is 3. The van der Waals surface area contributed by atoms with Crippen molar-refractivity contribution in [2.24, 2.45) is 7.05 Å². The van der Waals surface area contributed by atoms with Crippen molar-refractivity contribution >= 4 is 28.0 Å². The van der Waals surface area contributed by atoms with Crippen LogP contribution in [0, 0.1) is 0 Å². The van der Waals surface area contributed by atoms with Crippen molar-refractivity contribution in [2.45, 2.75) is 6.42 Å². The van der Waals surface area contributed by atoms with Gasteiger partial charge in [0.15, 0.2) is 5.78 Å². The maximum atomic E-state index is 12.2. The van der Waals surface area contributed by atoms with Crippen molar-refractivity contribution in [3.8, 4) is 0 Å². The number of aromatic nitrogens is 3. The molecule has 90 valence electrons. The summed E-state index contributed by atoms with van der Waals surface area (Å²) in [4.78, 5) is 16.4. The van der Waals surface area contributed by atoms with Crippen LogP contribution in [0.4, 0.5) is 0 Å². The van der Waals surface area contributed by atoms with Crippen molar-refractivity contribution in [2.75, 3.05) is 0 Å². The van der Waals surface area contributed by atoms with E-state index in [0.29, 0.717) is 12.1 Å². The van der Waals surface area contributed by atoms with Crippen LogP contribution in [0.3, 0.4) is 0 Å². The van der Waals surface area contributed by atoms with Gasteiger partial charge in [-0.1, -0.05) is 18.2 Å². The van der Waals surface area contributed by atoms with Crippen LogP contribution in [0.1, 0.15) is 15.5 Å². The number of carbonyl (C=O) groups is 1. The Hall–Kier alpha value is -2.01. The zero-order valence-electron chi connectivity index (χ0n) is 9.83. The first kappa shape index (κ1) is 11.1. The molecule has 18 heavy (non-hydrogen) atoms. The molecule has 0 fully saturated rings. The molecule has 1 aromatic carbocycles. The second-order valence-electron chi connectivity index (χ2n) is 4.02. The van der Waals surface area contributed by atoms with E-state index < -0.39 is 0 Å². The average Bonchev–Trinajstić information content (AvgIpc) is 2.98. The highest BCUT2D eigenvalue weighted by Crippen LogP contribution is 2.19. The quantitative estimate of drug-likeness (QED) is 0.677. The molecule has 0 unspecified atom stereocenters. The van der Waals surface area contributed by atoms with Crippen molar-refractivity contribution in [1.82, 2.24) is 14.8 Å². The topological polar surface area (TPSA) is 47.8 Å². The van der Waals surface area contributed by atoms with Crippen LogP contribution in [0.2, 0.25) is 0 Å². The number of thiazole rings is 1. The zero-order chi connectivity index (χ0) is 12.5. The van der Waals surface area contributed by atoms with Gasteiger partial charge in [0.1, 0.15) is 10.7 Å². The summed E-state index contributed by atoms with van der Waals surface area (Å²) in [5.74, 6) is 0.0155. The first-order valence-electron chi connectivity index (χ1n) is 5.59. The number of ketones is 1. The number of hydrogen-bond acceptors (Lipinski definition) is 4. The van der Waals surface area contributed by atoms with Crippen LogP contribution in [0.25, 0.3) is 10.9 Å². The van der Waals surface area contributed by atoms with Crippen LogP contribution in [-0.4, -0.2) is 20.5 Å². The number of fused-ring (bicyclic) bond motifs is 1. The first-order chi connectivity index (χ1) is 8.75. The lowest BCUT2D eigenvalue weighted by Crippen LogP contribution is -2.05. The zero-order valence-corrected chi connectivity index (χ0v) is 10.6. The molecule has 0 spiro atoms. The predicted molar refractivity (Wildman–Crippen MR) is 70.9 cm³/mol. The Morgan fingerprint density at radius 3 is 3.00 bits per heavy atom. The lowest BCUT2D eigenvalue weighted by molar-refractivity contribution is 0.0989. The Balaban J connectivity index is 2.01. The highest BCUT2D eigenvalue weighted by Gasteiger charge is 2.16. The summed E-state index contributed by atoms with van der Waals surface area (Å²) in [5.41, 5.74) is 1.50. The van der Waals surface area contributed by atoms with Crippen LogP contribution < -0.4 is 0 Å². The molecule has 0 amide bonds. The van der Waals surface area contributed by atoms with Crippen LogP contribution >= 0.6 is 11.3 Å². The predicted octanol–water partition coefficient (Wildman–Crippen LogP) is 2.46. The van der Waals surface area contributed by atoms with Gasteiger partial charge in [0.2, 0.25) is 0 Å². The maximum Gasteiger partial charge on any atom is 0.190 e. The molecule has 0 aliphatic heterocycles. The molecule has 2 heterocycles. The minimum Gasteiger partial charge on any atom is -0.292 e. The summed E-state index contributed by atoms with van der Waals surface area (Å²) in [7, 11) is 1.85. The largest absolute Gasteiger partial charge is 0.292 e. The van der Waals surface area contributed by atoms with Gasteiger partial charge in [0.05, 0.1) is 11.9 Å². The number of Topliss-reactive ketones (excluding diaryl/α,β-unsaturated/α-hetero) is 1. The van der Waals surface area contributed by atoms with Gasteiger partial charge >= 0.3 is 0 Å². The van der Waals surface area contributed by atoms with Gasteiger partial charge in [-0.3, -0.25) is 9.48 Å². The van der Waals surface area contributed by atoms with Crippen molar-refractivity contribution in [3.63, 3.8) is 0 Å². The smallest absolute Gasteiger partial charge is 0.190 e. The van der Waals surface area contributed by atoms with Crippen LogP contribution in [0.5, 0.6) is 0 Å². The van der Waals surface area contributed by atoms with Crippen molar-refractivity contribution < 1.29 is 4.79 Å². The summed E-state index contributed by atoms with van der Waals surface area (Å²) >= 11 is 1.49. The minimum atomic E-state index is 0.0155. The molecule has 5 heteroatoms. The third kappa shape index (κ3) is 1.82. The number of hydrogen-bond donors (Lipinski definition) is 0. The van der Waals surface area contributed by atoms with Crippen LogP contribution in [0.15, 0.2) is 35.8 Å². The van der Waals surface area contributed by atoms with Gasteiger partial charge in [0.25, 0.3) is 0 Å². The Kier molecular flexibility index (Phi) is 2.68. The molecule has 2 aromatic heterocycles. The Bertz CT molecular complexity index is 700. The monoisotopic (exact) mass is 257 g/mol. The van der Waals surface area contributed by atoms with E-state index in [9.17, 15) is 4.79 Å². The third-order valence-electron chi connectivity index (χ3n) is 2.82. The van der Waals surface area contributed by atoms with E-state index in [1.165, 1.54) is 11.3 Å². The van der Waals surface area contributed by atoms with Crippen molar-refractivity contribution in [3.05, 3.63) is 46.5 Å². The lowest BCUT2D eigenvalue weighted by atomic mass is 10.1. The van der Waals surface area contributed by atoms with Crippen molar-refractivity contribution in [1.29, 1.82) is 0 Å². The fourth-order valence-corrected chi connectivity index (χ4v) is 2.60. The summed E-state index contributed by atoms with van der Waals surface area (Å²) < 4.78 is 1.74. The lowest BCUT2D eigenvalue weighted by Gasteiger charge is -1.94. The first-order valence-corrected chi connectivity index (χ1v) is 6.47. The van der Waals surface area contributed by atoms with Gasteiger partial charge in [0, 0.05) is 24.0 Å². The Morgan fingerprint density at radius 2 is 2.22 bits per heavy atom. The fraction of sp³-hybridized carbons (Fsp3) is 0.154. The summed E-state index contributed by atoms with van der Waals surface area (Å²) in [6.45, 7) is 0. The maximum absolute atomic E-state index is 12.2. The molecule has 0 aliphatic carbocycles. The highest BCUT2D eigenvalue weighted by molar-refractivity contribution is 7.09. The number of carbonyl (C=O) groups excluding carboxylic acids is 1. The van der Waals surface area contributed by atoms with E-state index in [1.807, 2.05) is 36.7 Å². The summed E-state index contributed by atoms with van der Waals surface area (Å²) in [6.07, 6.45) is 2.03. The second kappa shape index (κ2) is 4.34. The molecule has 0 aliphatic rings. The molecule has 0 bridgehead atoms. The molecule has 4 nitrogen and oxygen atoms in total. The molecular weight excluding hydrogens is 246 g/mol. The number of para-hydroxylation sites is 1. The van der Waals surface area contributed by atoms with E-state index in [-0.39, 0.29) is 5.78 Å². The van der Waals surface area contributed by atoms with Gasteiger partial charge < -0.3 is 0 Å². The number of benzene rings is 1. The molecular formula is C13H11N3OS.